The van der Waals surface area contributed by atoms with Gasteiger partial charge in [-0.25, -0.2) is 4.99 Å². The smallest absolute Gasteiger partial charge is 0.252 e. The largest absolute Gasteiger partial charge is 0.507 e. The summed E-state index contributed by atoms with van der Waals surface area (Å²) in [6.45, 7) is 2.51. The lowest BCUT2D eigenvalue weighted by atomic mass is 10.1. The zero-order chi connectivity index (χ0) is 21.0. The average molecular weight is 413 g/mol. The molecule has 3 rings (SSSR count). The number of thiazole rings is 1. The van der Waals surface area contributed by atoms with Gasteiger partial charge < -0.3 is 24.9 Å². The van der Waals surface area contributed by atoms with E-state index in [1.54, 1.807) is 26.4 Å². The molecule has 0 aliphatic heterocycles. The molecule has 0 saturated heterocycles. The molecule has 1 amide bonds. The number of benzene rings is 2. The Morgan fingerprint density at radius 3 is 2.76 bits per heavy atom. The third-order valence-corrected chi connectivity index (χ3v) is 5.27. The van der Waals surface area contributed by atoms with Crippen LogP contribution in [-0.4, -0.2) is 36.4 Å². The van der Waals surface area contributed by atoms with Gasteiger partial charge in [0.1, 0.15) is 11.5 Å². The highest BCUT2D eigenvalue weighted by Crippen LogP contribution is 2.28. The second kappa shape index (κ2) is 8.93. The number of methoxy groups -OCH3 is 2. The summed E-state index contributed by atoms with van der Waals surface area (Å²) in [5.74, 6) is -0.101. The molecule has 0 fully saturated rings. The summed E-state index contributed by atoms with van der Waals surface area (Å²) in [4.78, 5) is 17.2. The highest BCUT2D eigenvalue weighted by molar-refractivity contribution is 7.07. The first-order valence-corrected chi connectivity index (χ1v) is 9.83. The Labute approximate surface area is 172 Å². The minimum Gasteiger partial charge on any atom is -0.507 e. The van der Waals surface area contributed by atoms with Gasteiger partial charge in [0.05, 0.1) is 36.7 Å². The Hall–Kier alpha value is -3.10. The van der Waals surface area contributed by atoms with Crippen LogP contribution in [0.15, 0.2) is 52.8 Å². The van der Waals surface area contributed by atoms with Gasteiger partial charge in [-0.2, -0.15) is 0 Å². The van der Waals surface area contributed by atoms with Crippen molar-refractivity contribution in [3.63, 3.8) is 0 Å². The van der Waals surface area contributed by atoms with Gasteiger partial charge in [0.15, 0.2) is 4.80 Å². The molecular weight excluding hydrogens is 390 g/mol. The monoisotopic (exact) mass is 413 g/mol. The zero-order valence-corrected chi connectivity index (χ0v) is 17.3. The van der Waals surface area contributed by atoms with Crippen molar-refractivity contribution in [3.05, 3.63) is 58.2 Å². The molecule has 1 atom stereocenters. The van der Waals surface area contributed by atoms with Crippen LogP contribution in [0.4, 0.5) is 5.69 Å². The van der Waals surface area contributed by atoms with Crippen LogP contribution in [-0.2, 0) is 4.74 Å². The van der Waals surface area contributed by atoms with Crippen LogP contribution < -0.4 is 15.3 Å². The first-order valence-electron chi connectivity index (χ1n) is 8.95. The predicted octanol–water partition coefficient (Wildman–Crippen LogP) is 3.47. The highest BCUT2D eigenvalue weighted by atomic mass is 32.1. The number of hydrogen-bond donors (Lipinski definition) is 2. The predicted molar refractivity (Wildman–Crippen MR) is 113 cm³/mol. The fraction of sp³-hybridized carbons (Fsp3) is 0.238. The first-order chi connectivity index (χ1) is 13.9. The van der Waals surface area contributed by atoms with E-state index in [4.69, 9.17) is 20.2 Å². The van der Waals surface area contributed by atoms with Gasteiger partial charge in [0.25, 0.3) is 5.91 Å². The topological polar surface area (TPSA) is 99.1 Å². The molecule has 8 heteroatoms. The van der Waals surface area contributed by atoms with Crippen molar-refractivity contribution in [1.82, 2.24) is 4.57 Å². The molecular formula is C21H23N3O4S. The minimum absolute atomic E-state index is 0.0172. The van der Waals surface area contributed by atoms with Crippen molar-refractivity contribution in [1.29, 1.82) is 0 Å². The molecule has 2 aromatic carbocycles. The fourth-order valence-electron chi connectivity index (χ4n) is 3.04. The summed E-state index contributed by atoms with van der Waals surface area (Å²) >= 11 is 1.47. The van der Waals surface area contributed by atoms with Crippen molar-refractivity contribution in [3.8, 4) is 22.8 Å². The summed E-state index contributed by atoms with van der Waals surface area (Å²) in [5, 5.41) is 11.9. The lowest BCUT2D eigenvalue weighted by molar-refractivity contribution is 0.0998. The lowest BCUT2D eigenvalue weighted by Crippen LogP contribution is -2.23. The summed E-state index contributed by atoms with van der Waals surface area (Å²) < 4.78 is 12.7. The van der Waals surface area contributed by atoms with E-state index < -0.39 is 5.91 Å². The summed E-state index contributed by atoms with van der Waals surface area (Å²) in [6, 6.07) is 12.3. The number of aromatic hydroxyl groups is 1. The van der Waals surface area contributed by atoms with Crippen LogP contribution in [0.2, 0.25) is 0 Å². The number of nitrogens with zero attached hydrogens (tertiary/aromatic N) is 2. The van der Waals surface area contributed by atoms with Gasteiger partial charge in [0, 0.05) is 24.1 Å². The van der Waals surface area contributed by atoms with E-state index in [1.165, 1.54) is 17.4 Å². The standard InChI is InChI=1S/C21H23N3O4S/c1-13(11-27-2)24-18(14-7-8-19(25)17(9-14)20(22)26)12-29-21(24)23-15-5-4-6-16(10-15)28-3/h4-10,12-13,25H,11H2,1-3H3,(H2,22,26). The van der Waals surface area contributed by atoms with Crippen molar-refractivity contribution >= 4 is 22.9 Å². The van der Waals surface area contributed by atoms with Crippen LogP contribution in [0, 0.1) is 0 Å². The number of rotatable bonds is 7. The van der Waals surface area contributed by atoms with Crippen LogP contribution in [0.1, 0.15) is 23.3 Å². The van der Waals surface area contributed by atoms with Crippen molar-refractivity contribution in [2.45, 2.75) is 13.0 Å². The summed E-state index contributed by atoms with van der Waals surface area (Å²) in [7, 11) is 3.26. The maximum Gasteiger partial charge on any atom is 0.252 e. The quantitative estimate of drug-likeness (QED) is 0.619. The van der Waals surface area contributed by atoms with Crippen LogP contribution in [0.25, 0.3) is 11.3 Å². The Kier molecular flexibility index (Phi) is 6.36. The van der Waals surface area contributed by atoms with Gasteiger partial charge in [0.2, 0.25) is 0 Å². The van der Waals surface area contributed by atoms with E-state index in [0.29, 0.717) is 6.61 Å². The molecule has 0 bridgehead atoms. The highest BCUT2D eigenvalue weighted by Gasteiger charge is 2.17. The normalized spacial score (nSPS) is 12.7. The van der Waals surface area contributed by atoms with Crippen molar-refractivity contribution in [2.75, 3.05) is 20.8 Å². The number of primary amides is 1. The Balaban J connectivity index is 2.18. The third kappa shape index (κ3) is 4.49. The Morgan fingerprint density at radius 2 is 2.07 bits per heavy atom. The number of ether oxygens (including phenoxy) is 2. The van der Waals surface area contributed by atoms with E-state index >= 15 is 0 Å². The molecule has 0 saturated carbocycles. The van der Waals surface area contributed by atoms with Crippen LogP contribution in [0.5, 0.6) is 11.5 Å². The van der Waals surface area contributed by atoms with Gasteiger partial charge in [-0.1, -0.05) is 6.07 Å². The number of phenols is 1. The van der Waals surface area contributed by atoms with Gasteiger partial charge in [-0.15, -0.1) is 11.3 Å². The zero-order valence-electron chi connectivity index (χ0n) is 16.5. The molecule has 3 aromatic rings. The molecule has 1 aromatic heterocycles. The molecule has 152 valence electrons. The number of nitrogens with two attached hydrogens (primary N) is 1. The van der Waals surface area contributed by atoms with E-state index in [-0.39, 0.29) is 17.4 Å². The maximum absolute atomic E-state index is 11.6. The number of aromatic nitrogens is 1. The molecule has 0 aliphatic carbocycles. The molecule has 3 N–H and O–H groups in total. The summed E-state index contributed by atoms with van der Waals surface area (Å²) in [6.07, 6.45) is 0. The molecule has 0 aliphatic rings. The molecule has 29 heavy (non-hydrogen) atoms. The Bertz CT molecular complexity index is 1090. The van der Waals surface area contributed by atoms with E-state index in [0.717, 1.165) is 27.5 Å². The first kappa shape index (κ1) is 20.6. The van der Waals surface area contributed by atoms with Crippen molar-refractivity contribution < 1.29 is 19.4 Å². The van der Waals surface area contributed by atoms with E-state index in [1.807, 2.05) is 41.1 Å². The molecule has 1 heterocycles. The van der Waals surface area contributed by atoms with Crippen LogP contribution >= 0.6 is 11.3 Å². The van der Waals surface area contributed by atoms with E-state index in [9.17, 15) is 9.90 Å². The van der Waals surface area contributed by atoms with E-state index in [2.05, 4.69) is 0 Å². The van der Waals surface area contributed by atoms with Crippen molar-refractivity contribution in [2.24, 2.45) is 10.7 Å². The Morgan fingerprint density at radius 1 is 1.28 bits per heavy atom. The van der Waals surface area contributed by atoms with Crippen LogP contribution in [0.3, 0.4) is 0 Å². The number of carbonyl (C=O) groups excluding carboxylic acids is 1. The average Bonchev–Trinajstić information content (AvgIpc) is 3.12. The molecule has 0 spiro atoms. The lowest BCUT2D eigenvalue weighted by Gasteiger charge is -2.17. The number of carbonyl (C=O) groups is 1. The van der Waals surface area contributed by atoms with Gasteiger partial charge >= 0.3 is 0 Å². The molecule has 1 unspecified atom stereocenters. The maximum atomic E-state index is 11.6. The van der Waals surface area contributed by atoms with Gasteiger partial charge in [-0.3, -0.25) is 4.79 Å². The molecule has 0 radical (unpaired) electrons. The fourth-order valence-corrected chi connectivity index (χ4v) is 4.05. The van der Waals surface area contributed by atoms with Gasteiger partial charge in [-0.05, 0) is 37.3 Å². The SMILES string of the molecule is COCC(C)n1c(-c2ccc(O)c(C(N)=O)c2)csc1=Nc1cccc(OC)c1. The number of amides is 1. The minimum atomic E-state index is -0.683. The second-order valence-electron chi connectivity index (χ2n) is 6.49. The molecule has 7 nitrogen and oxygen atoms in total. The third-order valence-electron chi connectivity index (χ3n) is 4.43. The number of hydrogen-bond acceptors (Lipinski definition) is 6. The summed E-state index contributed by atoms with van der Waals surface area (Å²) in [5.41, 5.74) is 7.83. The second-order valence-corrected chi connectivity index (χ2v) is 7.32.